The van der Waals surface area contributed by atoms with Crippen molar-refractivity contribution in [2.75, 3.05) is 12.0 Å². The van der Waals surface area contributed by atoms with Crippen LogP contribution in [0.25, 0.3) is 5.76 Å². The van der Waals surface area contributed by atoms with Crippen LogP contribution in [0.4, 0.5) is 5.69 Å². The van der Waals surface area contributed by atoms with E-state index in [9.17, 15) is 14.7 Å². The minimum absolute atomic E-state index is 0.0113. The number of hydrogen-bond acceptors (Lipinski definition) is 5. The van der Waals surface area contributed by atoms with Crippen LogP contribution < -0.4 is 9.64 Å². The molecule has 3 aromatic rings. The van der Waals surface area contributed by atoms with Crippen molar-refractivity contribution < 1.29 is 23.8 Å². The van der Waals surface area contributed by atoms with Gasteiger partial charge in [0.2, 0.25) is 0 Å². The predicted octanol–water partition coefficient (Wildman–Crippen LogP) is 4.84. The van der Waals surface area contributed by atoms with Crippen molar-refractivity contribution in [3.63, 3.8) is 0 Å². The van der Waals surface area contributed by atoms with E-state index < -0.39 is 17.7 Å². The van der Waals surface area contributed by atoms with E-state index in [4.69, 9.17) is 9.15 Å². The second kappa shape index (κ2) is 7.80. The highest BCUT2D eigenvalue weighted by Crippen LogP contribution is 2.42. The summed E-state index contributed by atoms with van der Waals surface area (Å²) in [5.41, 5.74) is 3.84. The number of methoxy groups -OCH3 is 1. The van der Waals surface area contributed by atoms with Gasteiger partial charge in [0.1, 0.15) is 23.3 Å². The van der Waals surface area contributed by atoms with E-state index in [-0.39, 0.29) is 11.3 Å². The molecule has 1 aliphatic rings. The molecule has 2 heterocycles. The highest BCUT2D eigenvalue weighted by molar-refractivity contribution is 6.51. The largest absolute Gasteiger partial charge is 0.507 e. The molecular weight excluding hydrogens is 394 g/mol. The van der Waals surface area contributed by atoms with Crippen LogP contribution in [0.2, 0.25) is 0 Å². The first-order valence-corrected chi connectivity index (χ1v) is 9.90. The number of aliphatic hydroxyl groups excluding tert-OH is 1. The van der Waals surface area contributed by atoms with Gasteiger partial charge in [-0.3, -0.25) is 14.5 Å². The number of aryl methyl sites for hydroxylation is 3. The molecule has 1 N–H and O–H groups in total. The Kier molecular flexibility index (Phi) is 5.15. The highest BCUT2D eigenvalue weighted by Gasteiger charge is 2.48. The molecule has 1 aliphatic heterocycles. The topological polar surface area (TPSA) is 80.0 Å². The Bertz CT molecular complexity index is 1210. The van der Waals surface area contributed by atoms with Crippen molar-refractivity contribution in [3.8, 4) is 5.75 Å². The quantitative estimate of drug-likeness (QED) is 0.373. The molecule has 0 spiro atoms. The van der Waals surface area contributed by atoms with Crippen LogP contribution in [0.1, 0.15) is 34.1 Å². The molecule has 1 atom stereocenters. The van der Waals surface area contributed by atoms with Gasteiger partial charge in [-0.25, -0.2) is 0 Å². The third-order valence-electron chi connectivity index (χ3n) is 5.69. The molecule has 0 bridgehead atoms. The summed E-state index contributed by atoms with van der Waals surface area (Å²) < 4.78 is 10.9. The zero-order valence-corrected chi connectivity index (χ0v) is 17.8. The molecule has 4 rings (SSSR count). The standard InChI is InChI=1S/C25H23NO5/c1-14-7-9-18(13-15(14)2)26-22(20-6-5-11-31-20)21(24(28)25(26)29)23(27)17-8-10-19(30-4)16(3)12-17/h5-13,22,27H,1-4H3/b23-21-. The average molecular weight is 417 g/mol. The van der Waals surface area contributed by atoms with E-state index in [2.05, 4.69) is 0 Å². The summed E-state index contributed by atoms with van der Waals surface area (Å²) in [6, 6.07) is 13.1. The number of furan rings is 1. The van der Waals surface area contributed by atoms with Crippen LogP contribution in [0.3, 0.4) is 0 Å². The number of ether oxygens (including phenoxy) is 1. The maximum absolute atomic E-state index is 13.1. The van der Waals surface area contributed by atoms with Gasteiger partial charge in [-0.15, -0.1) is 0 Å². The molecule has 2 aromatic carbocycles. The lowest BCUT2D eigenvalue weighted by Crippen LogP contribution is -2.29. The van der Waals surface area contributed by atoms with E-state index in [1.165, 1.54) is 11.2 Å². The number of Topliss-reactive ketones (excluding diaryl/α,β-unsaturated/α-hetero) is 1. The van der Waals surface area contributed by atoms with Gasteiger partial charge in [0.05, 0.1) is 18.9 Å². The Balaban J connectivity index is 1.91. The summed E-state index contributed by atoms with van der Waals surface area (Å²) in [7, 11) is 1.56. The van der Waals surface area contributed by atoms with E-state index in [0.717, 1.165) is 16.7 Å². The zero-order chi connectivity index (χ0) is 22.3. The average Bonchev–Trinajstić information content (AvgIpc) is 3.37. The van der Waals surface area contributed by atoms with Crippen LogP contribution >= 0.6 is 0 Å². The van der Waals surface area contributed by atoms with Crippen LogP contribution in [0.5, 0.6) is 5.75 Å². The van der Waals surface area contributed by atoms with Crippen molar-refractivity contribution in [1.29, 1.82) is 0 Å². The van der Waals surface area contributed by atoms with Crippen LogP contribution in [0.15, 0.2) is 64.8 Å². The minimum atomic E-state index is -0.875. The highest BCUT2D eigenvalue weighted by atomic mass is 16.5. The van der Waals surface area contributed by atoms with Crippen molar-refractivity contribution in [2.45, 2.75) is 26.8 Å². The monoisotopic (exact) mass is 417 g/mol. The van der Waals surface area contributed by atoms with Crippen molar-refractivity contribution >= 4 is 23.1 Å². The smallest absolute Gasteiger partial charge is 0.300 e. The molecule has 1 fully saturated rings. The Hall–Kier alpha value is -3.80. The third-order valence-corrected chi connectivity index (χ3v) is 5.69. The van der Waals surface area contributed by atoms with Gasteiger partial charge < -0.3 is 14.3 Å². The molecule has 6 heteroatoms. The summed E-state index contributed by atoms with van der Waals surface area (Å²) in [4.78, 5) is 27.6. The Morgan fingerprint density at radius 2 is 1.77 bits per heavy atom. The predicted molar refractivity (Wildman–Crippen MR) is 117 cm³/mol. The van der Waals surface area contributed by atoms with Gasteiger partial charge in [0, 0.05) is 11.3 Å². The fourth-order valence-corrected chi connectivity index (χ4v) is 3.87. The van der Waals surface area contributed by atoms with E-state index in [1.54, 1.807) is 43.5 Å². The number of benzene rings is 2. The number of carbonyl (C=O) groups is 2. The first-order chi connectivity index (χ1) is 14.8. The van der Waals surface area contributed by atoms with Gasteiger partial charge in [-0.05, 0) is 79.9 Å². The van der Waals surface area contributed by atoms with E-state index in [1.807, 2.05) is 32.9 Å². The number of nitrogens with zero attached hydrogens (tertiary/aromatic N) is 1. The molecule has 1 amide bonds. The lowest BCUT2D eigenvalue weighted by molar-refractivity contribution is -0.132. The summed E-state index contributed by atoms with van der Waals surface area (Å²) in [6.45, 7) is 5.76. The van der Waals surface area contributed by atoms with Crippen molar-refractivity contribution in [1.82, 2.24) is 0 Å². The van der Waals surface area contributed by atoms with Gasteiger partial charge in [0.15, 0.2) is 0 Å². The lowest BCUT2D eigenvalue weighted by Gasteiger charge is -2.24. The maximum atomic E-state index is 13.1. The number of carbonyl (C=O) groups excluding carboxylic acids is 2. The van der Waals surface area contributed by atoms with E-state index >= 15 is 0 Å². The second-order valence-corrected chi connectivity index (χ2v) is 7.64. The van der Waals surface area contributed by atoms with Crippen LogP contribution in [0, 0.1) is 20.8 Å². The van der Waals surface area contributed by atoms with Gasteiger partial charge >= 0.3 is 0 Å². The number of amides is 1. The number of rotatable bonds is 4. The normalized spacial score (nSPS) is 17.9. The fourth-order valence-electron chi connectivity index (χ4n) is 3.87. The van der Waals surface area contributed by atoms with Crippen LogP contribution in [-0.4, -0.2) is 23.9 Å². The molecule has 0 saturated carbocycles. The minimum Gasteiger partial charge on any atom is -0.507 e. The third kappa shape index (κ3) is 3.40. The molecule has 6 nitrogen and oxygen atoms in total. The first-order valence-electron chi connectivity index (χ1n) is 9.90. The van der Waals surface area contributed by atoms with Crippen molar-refractivity contribution in [3.05, 3.63) is 88.4 Å². The molecular formula is C25H23NO5. The molecule has 0 radical (unpaired) electrons. The molecule has 1 saturated heterocycles. The van der Waals surface area contributed by atoms with Gasteiger partial charge in [-0.2, -0.15) is 0 Å². The summed E-state index contributed by atoms with van der Waals surface area (Å²) in [6.07, 6.45) is 1.48. The summed E-state index contributed by atoms with van der Waals surface area (Å²) >= 11 is 0. The van der Waals surface area contributed by atoms with Crippen molar-refractivity contribution in [2.24, 2.45) is 0 Å². The Morgan fingerprint density at radius 1 is 1.00 bits per heavy atom. The Labute approximate surface area is 180 Å². The molecule has 0 aliphatic carbocycles. The SMILES string of the molecule is COc1ccc(/C(O)=C2/C(=O)C(=O)N(c3ccc(C)c(C)c3)C2c2ccco2)cc1C. The molecule has 158 valence electrons. The summed E-state index contributed by atoms with van der Waals surface area (Å²) in [5.74, 6) is -0.669. The zero-order valence-electron chi connectivity index (χ0n) is 17.8. The number of anilines is 1. The lowest BCUT2D eigenvalue weighted by atomic mass is 9.98. The van der Waals surface area contributed by atoms with E-state index in [0.29, 0.717) is 22.8 Å². The van der Waals surface area contributed by atoms with Gasteiger partial charge in [-0.1, -0.05) is 6.07 Å². The van der Waals surface area contributed by atoms with Gasteiger partial charge in [0.25, 0.3) is 11.7 Å². The first kappa shape index (κ1) is 20.5. The second-order valence-electron chi connectivity index (χ2n) is 7.64. The molecule has 1 unspecified atom stereocenters. The Morgan fingerprint density at radius 3 is 2.39 bits per heavy atom. The molecule has 1 aromatic heterocycles. The van der Waals surface area contributed by atoms with Crippen LogP contribution in [-0.2, 0) is 9.59 Å². The number of hydrogen-bond donors (Lipinski definition) is 1. The fraction of sp³-hybridized carbons (Fsp3) is 0.200. The summed E-state index contributed by atoms with van der Waals surface area (Å²) in [5, 5.41) is 11.1. The number of aliphatic hydroxyl groups is 1. The number of ketones is 1. The molecule has 31 heavy (non-hydrogen) atoms. The maximum Gasteiger partial charge on any atom is 0.300 e.